The van der Waals surface area contributed by atoms with Crippen molar-refractivity contribution in [3.05, 3.63) is 77.9 Å². The van der Waals surface area contributed by atoms with Gasteiger partial charge in [-0.25, -0.2) is 0 Å². The summed E-state index contributed by atoms with van der Waals surface area (Å²) in [6, 6.07) is 17.2. The Hall–Kier alpha value is -2.59. The molecular weight excluding hydrogens is 310 g/mol. The molecular formula is C21H23N3O. The van der Waals surface area contributed by atoms with Gasteiger partial charge in [0.25, 0.3) is 5.91 Å². The summed E-state index contributed by atoms with van der Waals surface area (Å²) in [7, 11) is 0. The van der Waals surface area contributed by atoms with E-state index in [1.807, 2.05) is 18.2 Å². The van der Waals surface area contributed by atoms with Crippen LogP contribution in [0, 0.1) is 5.92 Å². The summed E-state index contributed by atoms with van der Waals surface area (Å²) in [6.45, 7) is 5.13. The highest BCUT2D eigenvalue weighted by molar-refractivity contribution is 5.95. The first kappa shape index (κ1) is 15.9. The van der Waals surface area contributed by atoms with E-state index in [2.05, 4.69) is 52.9 Å². The third-order valence-corrected chi connectivity index (χ3v) is 5.22. The maximum atomic E-state index is 12.3. The van der Waals surface area contributed by atoms with E-state index in [4.69, 9.17) is 0 Å². The van der Waals surface area contributed by atoms with E-state index >= 15 is 0 Å². The second kappa shape index (κ2) is 6.73. The Morgan fingerprint density at radius 3 is 2.84 bits per heavy atom. The van der Waals surface area contributed by atoms with Crippen LogP contribution in [-0.4, -0.2) is 19.0 Å². The fourth-order valence-corrected chi connectivity index (χ4v) is 4.05. The van der Waals surface area contributed by atoms with Crippen LogP contribution in [0.2, 0.25) is 0 Å². The predicted molar refractivity (Wildman–Crippen MR) is 101 cm³/mol. The molecule has 3 N–H and O–H groups in total. The summed E-state index contributed by atoms with van der Waals surface area (Å²) in [4.78, 5) is 12.3. The molecule has 4 rings (SSSR count). The van der Waals surface area contributed by atoms with Crippen molar-refractivity contribution in [1.82, 2.24) is 10.6 Å². The van der Waals surface area contributed by atoms with Gasteiger partial charge in [0.1, 0.15) is 0 Å². The third-order valence-electron chi connectivity index (χ3n) is 5.22. The lowest BCUT2D eigenvalue weighted by atomic mass is 9.80. The van der Waals surface area contributed by atoms with Gasteiger partial charge in [-0.1, -0.05) is 36.4 Å². The Bertz CT molecular complexity index is 787. The van der Waals surface area contributed by atoms with Gasteiger partial charge in [-0.15, -0.1) is 6.58 Å². The molecule has 0 aliphatic carbocycles. The molecule has 128 valence electrons. The van der Waals surface area contributed by atoms with Crippen molar-refractivity contribution in [2.75, 3.05) is 18.4 Å². The van der Waals surface area contributed by atoms with E-state index in [0.717, 1.165) is 18.7 Å². The number of carbonyl (C=O) groups is 1. The first-order chi connectivity index (χ1) is 12.3. The van der Waals surface area contributed by atoms with Crippen LogP contribution in [0.4, 0.5) is 5.69 Å². The highest BCUT2D eigenvalue weighted by atomic mass is 16.1. The number of rotatable bonds is 4. The normalized spacial score (nSPS) is 23.9. The topological polar surface area (TPSA) is 53.2 Å². The minimum atomic E-state index is -0.0533. The Morgan fingerprint density at radius 1 is 1.20 bits per heavy atom. The molecule has 0 spiro atoms. The lowest BCUT2D eigenvalue weighted by Gasteiger charge is -2.37. The molecule has 0 radical (unpaired) electrons. The zero-order valence-corrected chi connectivity index (χ0v) is 14.2. The Balaban J connectivity index is 1.67. The summed E-state index contributed by atoms with van der Waals surface area (Å²) in [6.07, 6.45) is 2.82. The van der Waals surface area contributed by atoms with E-state index < -0.39 is 0 Å². The lowest BCUT2D eigenvalue weighted by Crippen LogP contribution is -2.33. The molecule has 0 saturated carbocycles. The van der Waals surface area contributed by atoms with Gasteiger partial charge < -0.3 is 16.0 Å². The van der Waals surface area contributed by atoms with Crippen molar-refractivity contribution < 1.29 is 4.79 Å². The van der Waals surface area contributed by atoms with Crippen LogP contribution in [0.5, 0.6) is 0 Å². The summed E-state index contributed by atoms with van der Waals surface area (Å²) >= 11 is 0. The number of benzene rings is 2. The first-order valence-electron chi connectivity index (χ1n) is 8.86. The molecule has 2 heterocycles. The highest BCUT2D eigenvalue weighted by Crippen LogP contribution is 2.47. The molecule has 2 aromatic rings. The highest BCUT2D eigenvalue weighted by Gasteiger charge is 2.40. The third kappa shape index (κ3) is 2.94. The van der Waals surface area contributed by atoms with Gasteiger partial charge in [0.15, 0.2) is 0 Å². The summed E-state index contributed by atoms with van der Waals surface area (Å²) in [5.41, 5.74) is 4.33. The van der Waals surface area contributed by atoms with Gasteiger partial charge in [-0.2, -0.15) is 0 Å². The van der Waals surface area contributed by atoms with E-state index in [9.17, 15) is 4.79 Å². The predicted octanol–water partition coefficient (Wildman–Crippen LogP) is 3.42. The van der Waals surface area contributed by atoms with Gasteiger partial charge in [0, 0.05) is 29.8 Å². The largest absolute Gasteiger partial charge is 0.378 e. The van der Waals surface area contributed by atoms with Crippen LogP contribution in [0.15, 0.2) is 61.2 Å². The number of carbonyl (C=O) groups excluding carboxylic acids is 1. The number of anilines is 1. The van der Waals surface area contributed by atoms with Gasteiger partial charge in [-0.05, 0) is 42.3 Å². The number of hydrogen-bond donors (Lipinski definition) is 3. The molecule has 1 fully saturated rings. The summed E-state index contributed by atoms with van der Waals surface area (Å²) in [5, 5.41) is 10.2. The Kier molecular flexibility index (Phi) is 4.28. The van der Waals surface area contributed by atoms with Crippen molar-refractivity contribution in [2.24, 2.45) is 5.92 Å². The minimum Gasteiger partial charge on any atom is -0.378 e. The second-order valence-corrected chi connectivity index (χ2v) is 6.72. The molecule has 1 saturated heterocycles. The second-order valence-electron chi connectivity index (χ2n) is 6.72. The standard InChI is InChI=1S/C21H23N3O/c1-2-11-23-21(25)15-8-9-18-17(13-15)20-16(10-12-22-20)19(24-18)14-6-4-3-5-7-14/h2-9,13,16,19-20,22,24H,1,10-12H2,(H,23,25)/t16-,19?,20-/m0/s1. The molecule has 25 heavy (non-hydrogen) atoms. The zero-order valence-electron chi connectivity index (χ0n) is 14.2. The maximum Gasteiger partial charge on any atom is 0.251 e. The molecule has 3 atom stereocenters. The molecule has 0 bridgehead atoms. The van der Waals surface area contributed by atoms with Gasteiger partial charge in [-0.3, -0.25) is 4.79 Å². The quantitative estimate of drug-likeness (QED) is 0.752. The molecule has 2 aliphatic rings. The molecule has 1 amide bonds. The average Bonchev–Trinajstić information content (AvgIpc) is 3.16. The monoisotopic (exact) mass is 333 g/mol. The number of fused-ring (bicyclic) bond motifs is 3. The van der Waals surface area contributed by atoms with Crippen molar-refractivity contribution >= 4 is 11.6 Å². The van der Waals surface area contributed by atoms with E-state index in [-0.39, 0.29) is 11.9 Å². The molecule has 1 unspecified atom stereocenters. The van der Waals surface area contributed by atoms with Crippen LogP contribution in [0.1, 0.15) is 40.0 Å². The number of nitrogens with one attached hydrogen (secondary N) is 3. The Labute approximate surface area is 148 Å². The SMILES string of the molecule is C=CCNC(=O)c1ccc2c(c1)[C@H]1NCC[C@H]1C(c1ccccc1)N2. The average molecular weight is 333 g/mol. The number of hydrogen-bond acceptors (Lipinski definition) is 3. The Morgan fingerprint density at radius 2 is 2.04 bits per heavy atom. The van der Waals surface area contributed by atoms with Crippen LogP contribution >= 0.6 is 0 Å². The van der Waals surface area contributed by atoms with Gasteiger partial charge in [0.05, 0.1) is 6.04 Å². The van der Waals surface area contributed by atoms with Crippen molar-refractivity contribution in [3.63, 3.8) is 0 Å². The minimum absolute atomic E-state index is 0.0533. The van der Waals surface area contributed by atoms with Crippen LogP contribution in [-0.2, 0) is 0 Å². The fourth-order valence-electron chi connectivity index (χ4n) is 4.05. The maximum absolute atomic E-state index is 12.3. The van der Waals surface area contributed by atoms with Crippen molar-refractivity contribution in [2.45, 2.75) is 18.5 Å². The van der Waals surface area contributed by atoms with Crippen molar-refractivity contribution in [3.8, 4) is 0 Å². The fraction of sp³-hybridized carbons (Fsp3) is 0.286. The summed E-state index contributed by atoms with van der Waals surface area (Å²) in [5.74, 6) is 0.434. The van der Waals surface area contributed by atoms with Crippen LogP contribution in [0.25, 0.3) is 0 Å². The van der Waals surface area contributed by atoms with Crippen LogP contribution < -0.4 is 16.0 Å². The van der Waals surface area contributed by atoms with E-state index in [1.165, 1.54) is 11.1 Å². The van der Waals surface area contributed by atoms with E-state index in [1.54, 1.807) is 6.08 Å². The molecule has 2 aliphatic heterocycles. The molecule has 0 aromatic heterocycles. The molecule has 2 aromatic carbocycles. The van der Waals surface area contributed by atoms with Crippen molar-refractivity contribution in [1.29, 1.82) is 0 Å². The lowest BCUT2D eigenvalue weighted by molar-refractivity contribution is 0.0958. The molecule has 4 nitrogen and oxygen atoms in total. The first-order valence-corrected chi connectivity index (χ1v) is 8.86. The summed E-state index contributed by atoms with van der Waals surface area (Å²) < 4.78 is 0. The van der Waals surface area contributed by atoms with Crippen LogP contribution in [0.3, 0.4) is 0 Å². The molecule has 4 heteroatoms. The number of amides is 1. The zero-order chi connectivity index (χ0) is 17.2. The van der Waals surface area contributed by atoms with Gasteiger partial charge in [0.2, 0.25) is 0 Å². The van der Waals surface area contributed by atoms with E-state index in [0.29, 0.717) is 24.1 Å². The van der Waals surface area contributed by atoms with Gasteiger partial charge >= 0.3 is 0 Å². The smallest absolute Gasteiger partial charge is 0.251 e.